The van der Waals surface area contributed by atoms with Crippen molar-refractivity contribution in [1.29, 1.82) is 0 Å². The fourth-order valence-corrected chi connectivity index (χ4v) is 1.22. The van der Waals surface area contributed by atoms with Gasteiger partial charge in [-0.25, -0.2) is 5.84 Å². The lowest BCUT2D eigenvalue weighted by molar-refractivity contribution is -0.385. The van der Waals surface area contributed by atoms with Gasteiger partial charge in [0.05, 0.1) is 17.1 Å². The van der Waals surface area contributed by atoms with Crippen LogP contribution in [-0.4, -0.2) is 17.4 Å². The van der Waals surface area contributed by atoms with Crippen LogP contribution in [0.15, 0.2) is 18.2 Å². The molecule has 0 bridgehead atoms. The Morgan fingerprint density at radius 1 is 1.62 bits per heavy atom. The van der Waals surface area contributed by atoms with Crippen LogP contribution in [0.2, 0.25) is 0 Å². The average Bonchev–Trinajstić information content (AvgIpc) is 2.28. The van der Waals surface area contributed by atoms with E-state index >= 15 is 0 Å². The van der Waals surface area contributed by atoms with Gasteiger partial charge in [-0.1, -0.05) is 6.07 Å². The Morgan fingerprint density at radius 2 is 2.31 bits per heavy atom. The molecule has 16 heavy (non-hydrogen) atoms. The minimum absolute atomic E-state index is 0.0403. The first kappa shape index (κ1) is 11.9. The SMILES string of the molecule is CCOc1c(C(=O)NN)cccc1[N+](=O)[O-]. The molecule has 1 rings (SSSR count). The number of ether oxygens (including phenoxy) is 1. The molecule has 0 fully saturated rings. The predicted molar refractivity (Wildman–Crippen MR) is 55.9 cm³/mol. The van der Waals surface area contributed by atoms with E-state index in [1.54, 1.807) is 6.92 Å². The zero-order valence-corrected chi connectivity index (χ0v) is 8.60. The summed E-state index contributed by atoms with van der Waals surface area (Å²) in [5, 5.41) is 10.7. The number of rotatable bonds is 4. The van der Waals surface area contributed by atoms with Crippen LogP contribution in [-0.2, 0) is 0 Å². The summed E-state index contributed by atoms with van der Waals surface area (Å²) in [7, 11) is 0. The van der Waals surface area contributed by atoms with E-state index in [1.165, 1.54) is 18.2 Å². The number of nitrogens with one attached hydrogen (secondary N) is 1. The number of benzene rings is 1. The number of amides is 1. The highest BCUT2D eigenvalue weighted by Gasteiger charge is 2.22. The number of nitro groups is 1. The number of nitro benzene ring substituents is 1. The molecular formula is C9H11N3O4. The van der Waals surface area contributed by atoms with Gasteiger partial charge in [-0.05, 0) is 13.0 Å². The van der Waals surface area contributed by atoms with Gasteiger partial charge >= 0.3 is 5.69 Å². The maximum absolute atomic E-state index is 11.3. The first-order chi connectivity index (χ1) is 7.61. The summed E-state index contributed by atoms with van der Waals surface area (Å²) in [6.45, 7) is 1.89. The molecule has 0 heterocycles. The van der Waals surface area contributed by atoms with Gasteiger partial charge in [0.15, 0.2) is 0 Å². The summed E-state index contributed by atoms with van der Waals surface area (Å²) >= 11 is 0. The van der Waals surface area contributed by atoms with Gasteiger partial charge in [-0.2, -0.15) is 0 Å². The number of carbonyl (C=O) groups is 1. The third-order valence-electron chi connectivity index (χ3n) is 1.86. The number of nitrogens with two attached hydrogens (primary N) is 1. The van der Waals surface area contributed by atoms with Crippen LogP contribution in [0.3, 0.4) is 0 Å². The van der Waals surface area contributed by atoms with Gasteiger partial charge in [0, 0.05) is 6.07 Å². The van der Waals surface area contributed by atoms with E-state index in [-0.39, 0.29) is 23.6 Å². The van der Waals surface area contributed by atoms with Crippen molar-refractivity contribution in [3.8, 4) is 5.75 Å². The number of hydrazine groups is 1. The fourth-order valence-electron chi connectivity index (χ4n) is 1.22. The second-order valence-corrected chi connectivity index (χ2v) is 2.82. The summed E-state index contributed by atoms with van der Waals surface area (Å²) in [5.41, 5.74) is 1.68. The van der Waals surface area contributed by atoms with Crippen molar-refractivity contribution in [2.45, 2.75) is 6.92 Å². The van der Waals surface area contributed by atoms with Gasteiger partial charge in [0.1, 0.15) is 0 Å². The highest BCUT2D eigenvalue weighted by atomic mass is 16.6. The monoisotopic (exact) mass is 225 g/mol. The van der Waals surface area contributed by atoms with Crippen LogP contribution < -0.4 is 16.0 Å². The molecule has 0 spiro atoms. The Hall–Kier alpha value is -2.15. The third kappa shape index (κ3) is 2.26. The maximum Gasteiger partial charge on any atom is 0.311 e. The maximum atomic E-state index is 11.3. The van der Waals surface area contributed by atoms with Crippen molar-refractivity contribution >= 4 is 11.6 Å². The van der Waals surface area contributed by atoms with Crippen LogP contribution in [0.5, 0.6) is 5.75 Å². The molecule has 0 aliphatic rings. The van der Waals surface area contributed by atoms with E-state index < -0.39 is 10.8 Å². The Kier molecular flexibility index (Phi) is 3.78. The summed E-state index contributed by atoms with van der Waals surface area (Å²) < 4.78 is 5.09. The Balaban J connectivity index is 3.32. The molecule has 0 aliphatic carbocycles. The van der Waals surface area contributed by atoms with Crippen LogP contribution in [0.4, 0.5) is 5.69 Å². The molecule has 1 aromatic carbocycles. The molecule has 0 atom stereocenters. The van der Waals surface area contributed by atoms with Crippen LogP contribution >= 0.6 is 0 Å². The summed E-state index contributed by atoms with van der Waals surface area (Å²) in [4.78, 5) is 21.5. The van der Waals surface area contributed by atoms with Crippen LogP contribution in [0, 0.1) is 10.1 Å². The molecule has 0 aliphatic heterocycles. The van der Waals surface area contributed by atoms with E-state index in [0.717, 1.165) is 0 Å². The van der Waals surface area contributed by atoms with Crippen molar-refractivity contribution < 1.29 is 14.5 Å². The molecule has 0 saturated carbocycles. The molecular weight excluding hydrogens is 214 g/mol. The second kappa shape index (κ2) is 5.08. The van der Waals surface area contributed by atoms with Gasteiger partial charge in [0.2, 0.25) is 5.75 Å². The lowest BCUT2D eigenvalue weighted by Gasteiger charge is -2.08. The van der Waals surface area contributed by atoms with E-state index in [2.05, 4.69) is 0 Å². The lowest BCUT2D eigenvalue weighted by Crippen LogP contribution is -2.30. The highest BCUT2D eigenvalue weighted by Crippen LogP contribution is 2.30. The topological polar surface area (TPSA) is 107 Å². The minimum atomic E-state index is -0.632. The van der Waals surface area contributed by atoms with Gasteiger partial charge < -0.3 is 4.74 Å². The first-order valence-corrected chi connectivity index (χ1v) is 4.53. The summed E-state index contributed by atoms with van der Waals surface area (Å²) in [6, 6.07) is 4.06. The third-order valence-corrected chi connectivity index (χ3v) is 1.86. The van der Waals surface area contributed by atoms with Crippen molar-refractivity contribution in [2.75, 3.05) is 6.61 Å². The Morgan fingerprint density at radius 3 is 2.81 bits per heavy atom. The smallest absolute Gasteiger partial charge is 0.311 e. The van der Waals surface area contributed by atoms with E-state index in [9.17, 15) is 14.9 Å². The highest BCUT2D eigenvalue weighted by molar-refractivity contribution is 5.97. The number of hydrogen-bond donors (Lipinski definition) is 2. The molecule has 7 nitrogen and oxygen atoms in total. The molecule has 0 radical (unpaired) electrons. The summed E-state index contributed by atoms with van der Waals surface area (Å²) in [6.07, 6.45) is 0. The van der Waals surface area contributed by atoms with Crippen molar-refractivity contribution in [3.63, 3.8) is 0 Å². The fraction of sp³-hybridized carbons (Fsp3) is 0.222. The van der Waals surface area contributed by atoms with E-state index in [1.807, 2.05) is 5.43 Å². The average molecular weight is 225 g/mol. The van der Waals surface area contributed by atoms with E-state index in [4.69, 9.17) is 10.6 Å². The number of nitrogen functional groups attached to an aromatic ring is 1. The quantitative estimate of drug-likeness (QED) is 0.337. The van der Waals surface area contributed by atoms with Crippen LogP contribution in [0.25, 0.3) is 0 Å². The van der Waals surface area contributed by atoms with Crippen molar-refractivity contribution in [2.24, 2.45) is 5.84 Å². The predicted octanol–water partition coefficient (Wildman–Crippen LogP) is 0.597. The molecule has 0 saturated heterocycles. The van der Waals surface area contributed by atoms with Gasteiger partial charge in [0.25, 0.3) is 5.91 Å². The zero-order valence-electron chi connectivity index (χ0n) is 8.60. The number of hydrogen-bond acceptors (Lipinski definition) is 5. The van der Waals surface area contributed by atoms with Gasteiger partial charge in [-0.15, -0.1) is 0 Å². The van der Waals surface area contributed by atoms with Crippen LogP contribution in [0.1, 0.15) is 17.3 Å². The summed E-state index contributed by atoms with van der Waals surface area (Å²) in [5.74, 6) is 4.27. The molecule has 1 amide bonds. The first-order valence-electron chi connectivity index (χ1n) is 4.53. The minimum Gasteiger partial charge on any atom is -0.487 e. The van der Waals surface area contributed by atoms with Gasteiger partial charge in [-0.3, -0.25) is 20.3 Å². The molecule has 0 unspecified atom stereocenters. The Labute approximate surface area is 91.3 Å². The number of nitrogens with zero attached hydrogens (tertiary/aromatic N) is 1. The van der Waals surface area contributed by atoms with E-state index in [0.29, 0.717) is 0 Å². The molecule has 86 valence electrons. The number of para-hydroxylation sites is 1. The van der Waals surface area contributed by atoms with Crippen molar-refractivity contribution in [3.05, 3.63) is 33.9 Å². The molecule has 3 N–H and O–H groups in total. The lowest BCUT2D eigenvalue weighted by atomic mass is 10.1. The van der Waals surface area contributed by atoms with Crippen molar-refractivity contribution in [1.82, 2.24) is 5.43 Å². The zero-order chi connectivity index (χ0) is 12.1. The second-order valence-electron chi connectivity index (χ2n) is 2.82. The largest absolute Gasteiger partial charge is 0.487 e. The molecule has 7 heteroatoms. The molecule has 0 aromatic heterocycles. The number of carbonyl (C=O) groups excluding carboxylic acids is 1. The normalized spacial score (nSPS) is 9.62. The Bertz CT molecular complexity index is 419. The standard InChI is InChI=1S/C9H11N3O4/c1-2-16-8-6(9(13)11-10)4-3-5-7(8)12(14)15/h3-5H,2,10H2,1H3,(H,11,13). The molecule has 1 aromatic rings.